The van der Waals surface area contributed by atoms with Gasteiger partial charge in [0.25, 0.3) is 0 Å². The van der Waals surface area contributed by atoms with Crippen molar-refractivity contribution in [1.29, 1.82) is 0 Å². The average molecular weight is 296 g/mol. The molecular weight excluding hydrogens is 268 g/mol. The van der Waals surface area contributed by atoms with Gasteiger partial charge in [-0.05, 0) is 42.1 Å². The summed E-state index contributed by atoms with van der Waals surface area (Å²) in [6.45, 7) is 6.77. The maximum absolute atomic E-state index is 3.47. The van der Waals surface area contributed by atoms with Gasteiger partial charge in [0, 0.05) is 5.92 Å². The highest BCUT2D eigenvalue weighted by atomic mass is 15.4. The molecule has 2 nitrogen and oxygen atoms in total. The van der Waals surface area contributed by atoms with Gasteiger partial charge in [-0.2, -0.15) is 0 Å². The SMILES string of the molecule is CCc1ccccc1C(C)C(NNC)c1ccccc1CC. The summed E-state index contributed by atoms with van der Waals surface area (Å²) < 4.78 is 0. The average Bonchev–Trinajstić information content (AvgIpc) is 2.59. The number of hydrogen-bond acceptors (Lipinski definition) is 2. The van der Waals surface area contributed by atoms with Crippen LogP contribution in [-0.2, 0) is 12.8 Å². The molecule has 22 heavy (non-hydrogen) atoms. The molecule has 2 aromatic carbocycles. The lowest BCUT2D eigenvalue weighted by atomic mass is 9.84. The fourth-order valence-electron chi connectivity index (χ4n) is 3.27. The Balaban J connectivity index is 2.42. The summed E-state index contributed by atoms with van der Waals surface area (Å²) in [6.07, 6.45) is 2.13. The molecule has 2 N–H and O–H groups in total. The second-order valence-electron chi connectivity index (χ2n) is 5.77. The third-order valence-corrected chi connectivity index (χ3v) is 4.50. The molecule has 0 saturated carbocycles. The van der Waals surface area contributed by atoms with Gasteiger partial charge in [-0.15, -0.1) is 0 Å². The topological polar surface area (TPSA) is 24.1 Å². The lowest BCUT2D eigenvalue weighted by Crippen LogP contribution is -2.35. The molecule has 0 spiro atoms. The van der Waals surface area contributed by atoms with E-state index in [9.17, 15) is 0 Å². The minimum absolute atomic E-state index is 0.258. The normalized spacial score (nSPS) is 13.8. The zero-order valence-electron chi connectivity index (χ0n) is 14.2. The van der Waals surface area contributed by atoms with E-state index in [2.05, 4.69) is 80.2 Å². The molecule has 0 aliphatic heterocycles. The van der Waals surface area contributed by atoms with Gasteiger partial charge in [0.2, 0.25) is 0 Å². The molecule has 0 saturated heterocycles. The lowest BCUT2D eigenvalue weighted by Gasteiger charge is -2.29. The van der Waals surface area contributed by atoms with Crippen LogP contribution in [0.2, 0.25) is 0 Å². The van der Waals surface area contributed by atoms with Crippen molar-refractivity contribution < 1.29 is 0 Å². The Morgan fingerprint density at radius 3 is 1.86 bits per heavy atom. The molecule has 0 aliphatic rings. The molecule has 2 atom stereocenters. The summed E-state index contributed by atoms with van der Waals surface area (Å²) in [5.74, 6) is 0.399. The van der Waals surface area contributed by atoms with Crippen LogP contribution in [0.15, 0.2) is 48.5 Å². The molecular formula is C20H28N2. The van der Waals surface area contributed by atoms with Gasteiger partial charge < -0.3 is 0 Å². The third kappa shape index (κ3) is 3.57. The zero-order chi connectivity index (χ0) is 15.9. The van der Waals surface area contributed by atoms with Crippen molar-refractivity contribution in [3.63, 3.8) is 0 Å². The van der Waals surface area contributed by atoms with Crippen LogP contribution >= 0.6 is 0 Å². The molecule has 2 heteroatoms. The van der Waals surface area contributed by atoms with Crippen LogP contribution in [-0.4, -0.2) is 7.05 Å². The van der Waals surface area contributed by atoms with E-state index in [4.69, 9.17) is 0 Å². The molecule has 0 amide bonds. The standard InChI is InChI=1S/C20H28N2/c1-5-16-11-7-9-13-18(16)15(3)20(22-21-4)19-14-10-8-12-17(19)6-2/h7-15,20-22H,5-6H2,1-4H3. The van der Waals surface area contributed by atoms with Crippen molar-refractivity contribution in [2.24, 2.45) is 0 Å². The molecule has 2 unspecified atom stereocenters. The van der Waals surface area contributed by atoms with Crippen LogP contribution in [0.1, 0.15) is 55.0 Å². The van der Waals surface area contributed by atoms with E-state index in [1.807, 2.05) is 7.05 Å². The molecule has 2 aromatic rings. The minimum atomic E-state index is 0.258. The number of rotatable bonds is 7. The van der Waals surface area contributed by atoms with E-state index in [1.54, 1.807) is 0 Å². The maximum Gasteiger partial charge on any atom is 0.0530 e. The highest BCUT2D eigenvalue weighted by molar-refractivity contribution is 5.37. The van der Waals surface area contributed by atoms with Gasteiger partial charge in [-0.1, -0.05) is 69.3 Å². The van der Waals surface area contributed by atoms with Gasteiger partial charge in [0.1, 0.15) is 0 Å². The van der Waals surface area contributed by atoms with Gasteiger partial charge >= 0.3 is 0 Å². The fraction of sp³-hybridized carbons (Fsp3) is 0.400. The van der Waals surface area contributed by atoms with Gasteiger partial charge in [-0.25, -0.2) is 5.43 Å². The summed E-state index contributed by atoms with van der Waals surface area (Å²) in [4.78, 5) is 0. The Labute approximate surface area is 134 Å². The van der Waals surface area contributed by atoms with E-state index < -0.39 is 0 Å². The van der Waals surface area contributed by atoms with Crippen LogP contribution in [0.25, 0.3) is 0 Å². The monoisotopic (exact) mass is 296 g/mol. The van der Waals surface area contributed by atoms with Gasteiger partial charge in [0.05, 0.1) is 6.04 Å². The van der Waals surface area contributed by atoms with Crippen molar-refractivity contribution in [3.8, 4) is 0 Å². The number of aryl methyl sites for hydroxylation is 2. The summed E-state index contributed by atoms with van der Waals surface area (Å²) in [7, 11) is 1.94. The summed E-state index contributed by atoms with van der Waals surface area (Å²) in [5, 5.41) is 0. The first-order chi connectivity index (χ1) is 10.7. The number of hydrogen-bond donors (Lipinski definition) is 2. The van der Waals surface area contributed by atoms with Crippen LogP contribution in [0.3, 0.4) is 0 Å². The first-order valence-electron chi connectivity index (χ1n) is 8.30. The quantitative estimate of drug-likeness (QED) is 0.741. The lowest BCUT2D eigenvalue weighted by molar-refractivity contribution is 0.418. The molecule has 0 radical (unpaired) electrons. The zero-order valence-corrected chi connectivity index (χ0v) is 14.2. The smallest absolute Gasteiger partial charge is 0.0530 e. The van der Waals surface area contributed by atoms with E-state index >= 15 is 0 Å². The van der Waals surface area contributed by atoms with Gasteiger partial charge in [-0.3, -0.25) is 5.43 Å². The number of hydrazine groups is 1. The second kappa shape index (κ2) is 8.11. The molecule has 118 valence electrons. The molecule has 0 bridgehead atoms. The van der Waals surface area contributed by atoms with Crippen molar-refractivity contribution in [2.75, 3.05) is 7.05 Å². The number of benzene rings is 2. The molecule has 0 heterocycles. The molecule has 0 fully saturated rings. The van der Waals surface area contributed by atoms with Crippen molar-refractivity contribution >= 4 is 0 Å². The van der Waals surface area contributed by atoms with E-state index in [0.29, 0.717) is 5.92 Å². The van der Waals surface area contributed by atoms with Crippen LogP contribution in [0.4, 0.5) is 0 Å². The largest absolute Gasteiger partial charge is 0.260 e. The highest BCUT2D eigenvalue weighted by Gasteiger charge is 2.23. The third-order valence-electron chi connectivity index (χ3n) is 4.50. The Kier molecular flexibility index (Phi) is 6.17. The first kappa shape index (κ1) is 16.7. The Bertz CT molecular complexity index is 592. The molecule has 0 aliphatic carbocycles. The van der Waals surface area contributed by atoms with Crippen LogP contribution in [0.5, 0.6) is 0 Å². The van der Waals surface area contributed by atoms with Crippen molar-refractivity contribution in [3.05, 3.63) is 70.8 Å². The van der Waals surface area contributed by atoms with E-state index in [1.165, 1.54) is 22.3 Å². The summed E-state index contributed by atoms with van der Waals surface area (Å²) in [5.41, 5.74) is 12.3. The Hall–Kier alpha value is -1.64. The van der Waals surface area contributed by atoms with E-state index in [-0.39, 0.29) is 6.04 Å². The van der Waals surface area contributed by atoms with Gasteiger partial charge in [0.15, 0.2) is 0 Å². The van der Waals surface area contributed by atoms with Crippen LogP contribution in [0, 0.1) is 0 Å². The fourth-order valence-corrected chi connectivity index (χ4v) is 3.27. The summed E-state index contributed by atoms with van der Waals surface area (Å²) >= 11 is 0. The van der Waals surface area contributed by atoms with Crippen molar-refractivity contribution in [1.82, 2.24) is 10.9 Å². The van der Waals surface area contributed by atoms with Crippen molar-refractivity contribution in [2.45, 2.75) is 45.6 Å². The maximum atomic E-state index is 3.47. The van der Waals surface area contributed by atoms with E-state index in [0.717, 1.165) is 12.8 Å². The minimum Gasteiger partial charge on any atom is -0.260 e. The first-order valence-corrected chi connectivity index (χ1v) is 8.30. The predicted octanol–water partition coefficient (Wildman–Crippen LogP) is 4.38. The molecule has 0 aromatic heterocycles. The van der Waals surface area contributed by atoms with Crippen LogP contribution < -0.4 is 10.9 Å². The highest BCUT2D eigenvalue weighted by Crippen LogP contribution is 2.34. The summed E-state index contributed by atoms with van der Waals surface area (Å²) in [6, 6.07) is 17.8. The Morgan fingerprint density at radius 2 is 1.32 bits per heavy atom. The Morgan fingerprint density at radius 1 is 0.818 bits per heavy atom. The second-order valence-corrected chi connectivity index (χ2v) is 5.77. The molecule has 2 rings (SSSR count). The predicted molar refractivity (Wildman–Crippen MR) is 95.0 cm³/mol. The number of nitrogens with one attached hydrogen (secondary N) is 2.